The summed E-state index contributed by atoms with van der Waals surface area (Å²) in [5.41, 5.74) is 5.54. The summed E-state index contributed by atoms with van der Waals surface area (Å²) in [6.45, 7) is 1.13. The van der Waals surface area contributed by atoms with E-state index in [-0.39, 0.29) is 43.4 Å². The second-order valence-electron chi connectivity index (χ2n) is 9.68. The molecule has 0 unspecified atom stereocenters. The van der Waals surface area contributed by atoms with Crippen LogP contribution in [0.1, 0.15) is 55.3 Å². The molecule has 11 nitrogen and oxygen atoms in total. The number of rotatable bonds is 6. The van der Waals surface area contributed by atoms with E-state index in [1.807, 2.05) is 0 Å². The number of amides is 5. The lowest BCUT2D eigenvalue weighted by Gasteiger charge is -2.30. The van der Waals surface area contributed by atoms with Gasteiger partial charge < -0.3 is 31.3 Å². The molecule has 1 saturated heterocycles. The number of primary amides is 1. The van der Waals surface area contributed by atoms with Gasteiger partial charge in [0.05, 0.1) is 18.0 Å². The van der Waals surface area contributed by atoms with E-state index in [4.69, 9.17) is 10.5 Å². The van der Waals surface area contributed by atoms with Crippen LogP contribution in [0.25, 0.3) is 0 Å². The van der Waals surface area contributed by atoms with E-state index in [2.05, 4.69) is 16.0 Å². The Morgan fingerprint density at radius 3 is 2.64 bits per heavy atom. The minimum atomic E-state index is -1.15. The van der Waals surface area contributed by atoms with Gasteiger partial charge in [0.1, 0.15) is 24.4 Å². The molecule has 1 saturated carbocycles. The van der Waals surface area contributed by atoms with Crippen molar-refractivity contribution in [1.82, 2.24) is 20.9 Å². The predicted octanol–water partition coefficient (Wildman–Crippen LogP) is -0.165. The van der Waals surface area contributed by atoms with E-state index in [1.165, 1.54) is 0 Å². The second kappa shape index (κ2) is 11.4. The minimum absolute atomic E-state index is 0.0394. The van der Waals surface area contributed by atoms with Gasteiger partial charge >= 0.3 is 0 Å². The van der Waals surface area contributed by atoms with Crippen LogP contribution in [0.2, 0.25) is 0 Å². The topological polar surface area (TPSA) is 160 Å². The van der Waals surface area contributed by atoms with Gasteiger partial charge in [0.15, 0.2) is 0 Å². The van der Waals surface area contributed by atoms with Crippen LogP contribution in [-0.2, 0) is 19.2 Å². The van der Waals surface area contributed by atoms with Crippen molar-refractivity contribution in [3.05, 3.63) is 29.8 Å². The van der Waals surface area contributed by atoms with Gasteiger partial charge in [-0.3, -0.25) is 24.0 Å². The van der Waals surface area contributed by atoms with Crippen molar-refractivity contribution in [3.8, 4) is 5.75 Å². The van der Waals surface area contributed by atoms with Gasteiger partial charge in [0.25, 0.3) is 5.91 Å². The van der Waals surface area contributed by atoms with E-state index in [0.717, 1.165) is 19.3 Å². The maximum Gasteiger partial charge on any atom is 0.255 e. The highest BCUT2D eigenvalue weighted by Gasteiger charge is 2.36. The first-order valence-electron chi connectivity index (χ1n) is 12.5. The number of benzene rings is 1. The average Bonchev–Trinajstić information content (AvgIpc) is 3.57. The summed E-state index contributed by atoms with van der Waals surface area (Å²) < 4.78 is 5.99. The molecule has 4 rings (SSSR count). The maximum absolute atomic E-state index is 13.4. The number of hydrogen-bond acceptors (Lipinski definition) is 6. The third-order valence-electron chi connectivity index (χ3n) is 6.81. The summed E-state index contributed by atoms with van der Waals surface area (Å²) in [6.07, 6.45) is 3.13. The Morgan fingerprint density at radius 2 is 1.89 bits per heavy atom. The number of nitrogens with one attached hydrogen (secondary N) is 3. The number of nitrogens with two attached hydrogens (primary N) is 1. The van der Waals surface area contributed by atoms with Gasteiger partial charge in [-0.1, -0.05) is 12.1 Å². The highest BCUT2D eigenvalue weighted by molar-refractivity contribution is 6.01. The van der Waals surface area contributed by atoms with Crippen molar-refractivity contribution in [2.75, 3.05) is 19.7 Å². The molecule has 1 aromatic rings. The lowest BCUT2D eigenvalue weighted by Crippen LogP contribution is -2.54. The Hall–Kier alpha value is -3.63. The van der Waals surface area contributed by atoms with Gasteiger partial charge in [0, 0.05) is 19.5 Å². The van der Waals surface area contributed by atoms with E-state index in [0.29, 0.717) is 31.2 Å². The summed E-state index contributed by atoms with van der Waals surface area (Å²) in [7, 11) is 0. The van der Waals surface area contributed by atoms with Crippen molar-refractivity contribution in [3.63, 3.8) is 0 Å². The molecule has 0 radical (unpaired) electrons. The van der Waals surface area contributed by atoms with Crippen molar-refractivity contribution in [1.29, 1.82) is 0 Å². The number of ether oxygens (including phenoxy) is 1. The molecule has 3 atom stereocenters. The van der Waals surface area contributed by atoms with Crippen LogP contribution < -0.4 is 26.4 Å². The van der Waals surface area contributed by atoms with Gasteiger partial charge in [-0.25, -0.2) is 0 Å². The quantitative estimate of drug-likeness (QED) is 0.425. The third-order valence-corrected chi connectivity index (χ3v) is 6.81. The zero-order valence-electron chi connectivity index (χ0n) is 20.2. The monoisotopic (exact) mass is 499 g/mol. The van der Waals surface area contributed by atoms with Crippen molar-refractivity contribution in [2.24, 2.45) is 11.7 Å². The zero-order valence-corrected chi connectivity index (χ0v) is 20.2. The molecule has 194 valence electrons. The lowest BCUT2D eigenvalue weighted by molar-refractivity contribution is -0.138. The van der Waals surface area contributed by atoms with Gasteiger partial charge in [0.2, 0.25) is 23.6 Å². The number of nitrogens with zero attached hydrogens (tertiary/aromatic N) is 1. The van der Waals surface area contributed by atoms with E-state index >= 15 is 0 Å². The Balaban J connectivity index is 1.61. The Bertz CT molecular complexity index is 1030. The van der Waals surface area contributed by atoms with Crippen molar-refractivity contribution < 1.29 is 28.7 Å². The third kappa shape index (κ3) is 6.52. The molecule has 1 aliphatic carbocycles. The highest BCUT2D eigenvalue weighted by Crippen LogP contribution is 2.27. The number of carbonyl (C=O) groups is 5. The molecule has 3 aliphatic rings. The first-order chi connectivity index (χ1) is 17.3. The van der Waals surface area contributed by atoms with Crippen molar-refractivity contribution in [2.45, 2.75) is 63.1 Å². The van der Waals surface area contributed by atoms with Crippen LogP contribution in [0.5, 0.6) is 5.75 Å². The molecule has 5 amide bonds. The molecule has 2 heterocycles. The summed E-state index contributed by atoms with van der Waals surface area (Å²) in [4.78, 5) is 65.5. The molecule has 2 fully saturated rings. The molecule has 5 N–H and O–H groups in total. The molecule has 0 aromatic heterocycles. The Kier molecular flexibility index (Phi) is 8.07. The Morgan fingerprint density at radius 1 is 1.11 bits per heavy atom. The fourth-order valence-electron chi connectivity index (χ4n) is 4.58. The van der Waals surface area contributed by atoms with E-state index in [1.54, 1.807) is 29.2 Å². The molecule has 2 aliphatic heterocycles. The highest BCUT2D eigenvalue weighted by atomic mass is 16.5. The van der Waals surface area contributed by atoms with Gasteiger partial charge in [-0.05, 0) is 50.2 Å². The molecule has 0 bridgehead atoms. The SMILES string of the molecule is NC(=O)CC[C@@H]1NC(=O)C[C@@H](C(=O)NCC2CC2)NC(=O)c2ccccc2OC[C@H]2CCCN2C1=O. The lowest BCUT2D eigenvalue weighted by atomic mass is 10.1. The Labute approximate surface area is 209 Å². The van der Waals surface area contributed by atoms with E-state index < -0.39 is 35.7 Å². The normalized spacial score (nSPS) is 24.9. The summed E-state index contributed by atoms with van der Waals surface area (Å²) in [5.74, 6) is -1.75. The molecule has 0 spiro atoms. The van der Waals surface area contributed by atoms with Gasteiger partial charge in [-0.15, -0.1) is 0 Å². The molecule has 11 heteroatoms. The molecular weight excluding hydrogens is 466 g/mol. The minimum Gasteiger partial charge on any atom is -0.491 e. The fraction of sp³-hybridized carbons (Fsp3) is 0.560. The molecular formula is C25H33N5O6. The van der Waals surface area contributed by atoms with Gasteiger partial charge in [-0.2, -0.15) is 0 Å². The first kappa shape index (κ1) is 25.5. The summed E-state index contributed by atoms with van der Waals surface area (Å²) >= 11 is 0. The number of carbonyl (C=O) groups excluding carboxylic acids is 5. The summed E-state index contributed by atoms with van der Waals surface area (Å²) in [5, 5.41) is 8.14. The van der Waals surface area contributed by atoms with Crippen LogP contribution in [0.4, 0.5) is 0 Å². The predicted molar refractivity (Wildman–Crippen MR) is 129 cm³/mol. The number of fused-ring (bicyclic) bond motifs is 2. The van der Waals surface area contributed by atoms with Crippen molar-refractivity contribution >= 4 is 29.5 Å². The zero-order chi connectivity index (χ0) is 25.7. The average molecular weight is 500 g/mol. The van der Waals surface area contributed by atoms with Crippen LogP contribution in [-0.4, -0.2) is 72.3 Å². The van der Waals surface area contributed by atoms with Crippen LogP contribution in [0.15, 0.2) is 24.3 Å². The standard InChI is InChI=1S/C25H33N5O6/c26-21(31)10-9-18-25(35)30-11-3-4-16(30)14-36-20-6-2-1-5-17(20)23(33)29-19(12-22(32)28-18)24(34)27-13-15-7-8-15/h1-2,5-6,15-16,18-19H,3-4,7-14H2,(H2,26,31)(H,27,34)(H,28,32)(H,29,33)/t16-,18+,19+/m1/s1. The van der Waals surface area contributed by atoms with Crippen LogP contribution in [0.3, 0.4) is 0 Å². The number of hydrogen-bond donors (Lipinski definition) is 4. The first-order valence-corrected chi connectivity index (χ1v) is 12.5. The number of para-hydroxylation sites is 1. The smallest absolute Gasteiger partial charge is 0.255 e. The maximum atomic E-state index is 13.4. The van der Waals surface area contributed by atoms with E-state index in [9.17, 15) is 24.0 Å². The van der Waals surface area contributed by atoms with Crippen LogP contribution in [0, 0.1) is 5.92 Å². The fourth-order valence-corrected chi connectivity index (χ4v) is 4.58. The second-order valence-corrected chi connectivity index (χ2v) is 9.68. The van der Waals surface area contributed by atoms with Crippen LogP contribution >= 0.6 is 0 Å². The molecule has 36 heavy (non-hydrogen) atoms. The largest absolute Gasteiger partial charge is 0.491 e. The molecule has 1 aromatic carbocycles. The summed E-state index contributed by atoms with van der Waals surface area (Å²) in [6, 6.07) is 4.30.